The van der Waals surface area contributed by atoms with Gasteiger partial charge in [0.1, 0.15) is 0 Å². The summed E-state index contributed by atoms with van der Waals surface area (Å²) in [6.07, 6.45) is 3.27. The van der Waals surface area contributed by atoms with Crippen LogP contribution in [-0.4, -0.2) is 5.11 Å². The van der Waals surface area contributed by atoms with E-state index >= 15 is 0 Å². The molecule has 0 spiro atoms. The van der Waals surface area contributed by atoms with Crippen molar-refractivity contribution in [1.82, 2.24) is 0 Å². The lowest BCUT2D eigenvalue weighted by Gasteiger charge is -2.45. The van der Waals surface area contributed by atoms with Crippen LogP contribution in [0.2, 0.25) is 5.02 Å². The minimum absolute atomic E-state index is 0.194. The average molecular weight is 267 g/mol. The van der Waals surface area contributed by atoms with Crippen LogP contribution in [0.25, 0.3) is 0 Å². The van der Waals surface area contributed by atoms with Gasteiger partial charge < -0.3 is 5.11 Å². The maximum absolute atomic E-state index is 10.7. The number of aliphatic hydroxyl groups is 1. The van der Waals surface area contributed by atoms with E-state index in [4.69, 9.17) is 11.6 Å². The van der Waals surface area contributed by atoms with Crippen LogP contribution in [0.5, 0.6) is 0 Å². The highest BCUT2D eigenvalue weighted by Gasteiger charge is 2.41. The molecule has 0 radical (unpaired) electrons. The Morgan fingerprint density at radius 3 is 2.72 bits per heavy atom. The lowest BCUT2D eigenvalue weighted by molar-refractivity contribution is -0.0292. The second-order valence-corrected chi connectivity index (χ2v) is 6.82. The Morgan fingerprint density at radius 1 is 1.39 bits per heavy atom. The molecule has 0 saturated heterocycles. The van der Waals surface area contributed by atoms with Crippen molar-refractivity contribution in [2.45, 2.75) is 46.1 Å². The van der Waals surface area contributed by atoms with Crippen molar-refractivity contribution in [1.29, 1.82) is 0 Å². The topological polar surface area (TPSA) is 20.2 Å². The molecule has 2 rings (SSSR count). The molecular formula is C16H23ClO. The van der Waals surface area contributed by atoms with Crippen LogP contribution >= 0.6 is 11.6 Å². The standard InChI is InChI=1S/C16H23ClO/c1-11-6-5-9-16(2,3)14(11)15(18)12-7-4-8-13(17)10-12/h4,7-8,10-11,14-15,18H,5-6,9H2,1-3H3/t11-,14-,15?/m0/s1. The van der Waals surface area contributed by atoms with E-state index in [2.05, 4.69) is 20.8 Å². The SMILES string of the molecule is C[C@H]1CCCC(C)(C)[C@@H]1C(O)c1cccc(Cl)c1. The Hall–Kier alpha value is -0.530. The van der Waals surface area contributed by atoms with E-state index in [0.29, 0.717) is 16.9 Å². The number of aliphatic hydroxyl groups excluding tert-OH is 1. The number of rotatable bonds is 2. The van der Waals surface area contributed by atoms with Gasteiger partial charge in [-0.3, -0.25) is 0 Å². The summed E-state index contributed by atoms with van der Waals surface area (Å²) in [4.78, 5) is 0. The summed E-state index contributed by atoms with van der Waals surface area (Å²) in [7, 11) is 0. The van der Waals surface area contributed by atoms with E-state index in [1.165, 1.54) is 19.3 Å². The van der Waals surface area contributed by atoms with Crippen molar-refractivity contribution in [3.8, 4) is 0 Å². The average Bonchev–Trinajstić information content (AvgIpc) is 2.27. The first-order valence-corrected chi connectivity index (χ1v) is 7.23. The third-order valence-corrected chi connectivity index (χ3v) is 4.76. The predicted molar refractivity (Wildman–Crippen MR) is 76.7 cm³/mol. The van der Waals surface area contributed by atoms with Crippen LogP contribution in [-0.2, 0) is 0 Å². The van der Waals surface area contributed by atoms with E-state index in [1.807, 2.05) is 24.3 Å². The largest absolute Gasteiger partial charge is 0.388 e. The molecule has 1 saturated carbocycles. The number of benzene rings is 1. The zero-order valence-corrected chi connectivity index (χ0v) is 12.2. The minimum Gasteiger partial charge on any atom is -0.388 e. The van der Waals surface area contributed by atoms with Crippen molar-refractivity contribution in [3.63, 3.8) is 0 Å². The van der Waals surface area contributed by atoms with Gasteiger partial charge in [0.05, 0.1) is 6.10 Å². The first-order chi connectivity index (χ1) is 8.42. The zero-order valence-electron chi connectivity index (χ0n) is 11.5. The summed E-state index contributed by atoms with van der Waals surface area (Å²) >= 11 is 6.02. The van der Waals surface area contributed by atoms with Crippen molar-refractivity contribution in [3.05, 3.63) is 34.9 Å². The summed E-state index contributed by atoms with van der Waals surface area (Å²) < 4.78 is 0. The Morgan fingerprint density at radius 2 is 2.11 bits per heavy atom. The first kappa shape index (κ1) is 13.9. The normalized spacial score (nSPS) is 28.9. The number of hydrogen-bond acceptors (Lipinski definition) is 1. The van der Waals surface area contributed by atoms with Crippen LogP contribution in [0.1, 0.15) is 51.7 Å². The van der Waals surface area contributed by atoms with E-state index in [0.717, 1.165) is 5.56 Å². The summed E-state index contributed by atoms with van der Waals surface area (Å²) in [5.41, 5.74) is 1.15. The molecule has 0 amide bonds. The molecule has 0 heterocycles. The minimum atomic E-state index is -0.408. The molecule has 0 bridgehead atoms. The number of hydrogen-bond donors (Lipinski definition) is 1. The summed E-state index contributed by atoms with van der Waals surface area (Å²) in [6.45, 7) is 6.82. The fourth-order valence-corrected chi connectivity index (χ4v) is 3.83. The molecule has 18 heavy (non-hydrogen) atoms. The molecule has 1 nitrogen and oxygen atoms in total. The van der Waals surface area contributed by atoms with Gasteiger partial charge in [-0.15, -0.1) is 0 Å². The van der Waals surface area contributed by atoms with E-state index in [1.54, 1.807) is 0 Å². The molecule has 1 N–H and O–H groups in total. The van der Waals surface area contributed by atoms with Gasteiger partial charge in [0.25, 0.3) is 0 Å². The Balaban J connectivity index is 2.28. The van der Waals surface area contributed by atoms with E-state index in [9.17, 15) is 5.11 Å². The zero-order chi connectivity index (χ0) is 13.3. The van der Waals surface area contributed by atoms with Gasteiger partial charge in [-0.1, -0.05) is 57.3 Å². The molecule has 0 aliphatic heterocycles. The van der Waals surface area contributed by atoms with Crippen molar-refractivity contribution >= 4 is 11.6 Å². The van der Waals surface area contributed by atoms with Gasteiger partial charge >= 0.3 is 0 Å². The Labute approximate surface area is 115 Å². The third-order valence-electron chi connectivity index (χ3n) is 4.53. The second-order valence-electron chi connectivity index (χ2n) is 6.38. The molecule has 100 valence electrons. The molecule has 3 atom stereocenters. The van der Waals surface area contributed by atoms with Crippen LogP contribution in [0.4, 0.5) is 0 Å². The van der Waals surface area contributed by atoms with Gasteiger partial charge in [-0.25, -0.2) is 0 Å². The van der Waals surface area contributed by atoms with Gasteiger partial charge in [-0.2, -0.15) is 0 Å². The second kappa shape index (κ2) is 5.22. The summed E-state index contributed by atoms with van der Waals surface area (Å²) in [6, 6.07) is 7.65. The van der Waals surface area contributed by atoms with Gasteiger partial charge in [0.15, 0.2) is 0 Å². The maximum atomic E-state index is 10.7. The molecule has 1 unspecified atom stereocenters. The molecule has 1 fully saturated rings. The number of halogens is 1. The van der Waals surface area contributed by atoms with Crippen molar-refractivity contribution in [2.75, 3.05) is 0 Å². The van der Waals surface area contributed by atoms with Crippen LogP contribution in [0.15, 0.2) is 24.3 Å². The van der Waals surface area contributed by atoms with Crippen molar-refractivity contribution in [2.24, 2.45) is 17.3 Å². The Kier molecular flexibility index (Phi) is 4.03. The fourth-order valence-electron chi connectivity index (χ4n) is 3.63. The van der Waals surface area contributed by atoms with Crippen LogP contribution < -0.4 is 0 Å². The molecule has 1 aromatic rings. The smallest absolute Gasteiger partial charge is 0.0826 e. The molecule has 1 aliphatic rings. The maximum Gasteiger partial charge on any atom is 0.0826 e. The Bertz CT molecular complexity index is 413. The summed E-state index contributed by atoms with van der Waals surface area (Å²) in [5, 5.41) is 11.4. The molecular weight excluding hydrogens is 244 g/mol. The van der Waals surface area contributed by atoms with Crippen molar-refractivity contribution < 1.29 is 5.11 Å². The lowest BCUT2D eigenvalue weighted by atomic mass is 9.61. The molecule has 1 aliphatic carbocycles. The summed E-state index contributed by atoms with van der Waals surface area (Å²) in [5.74, 6) is 0.868. The van der Waals surface area contributed by atoms with Crippen LogP contribution in [0, 0.1) is 17.3 Å². The highest BCUT2D eigenvalue weighted by molar-refractivity contribution is 6.30. The van der Waals surface area contributed by atoms with Gasteiger partial charge in [0.2, 0.25) is 0 Å². The van der Waals surface area contributed by atoms with Crippen LogP contribution in [0.3, 0.4) is 0 Å². The highest BCUT2D eigenvalue weighted by Crippen LogP contribution is 2.49. The molecule has 1 aromatic carbocycles. The molecule has 2 heteroatoms. The van der Waals surface area contributed by atoms with E-state index in [-0.39, 0.29) is 5.41 Å². The highest BCUT2D eigenvalue weighted by atomic mass is 35.5. The lowest BCUT2D eigenvalue weighted by Crippen LogP contribution is -2.37. The van der Waals surface area contributed by atoms with Gasteiger partial charge in [-0.05, 0) is 41.4 Å². The predicted octanol–water partition coefficient (Wildman–Crippen LogP) is 4.84. The monoisotopic (exact) mass is 266 g/mol. The quantitative estimate of drug-likeness (QED) is 0.812. The van der Waals surface area contributed by atoms with Gasteiger partial charge in [0, 0.05) is 5.02 Å². The first-order valence-electron chi connectivity index (χ1n) is 6.85. The third kappa shape index (κ3) is 2.73. The fraction of sp³-hybridized carbons (Fsp3) is 0.625. The van der Waals surface area contributed by atoms with E-state index < -0.39 is 6.10 Å². The molecule has 0 aromatic heterocycles.